The number of hydrogen-bond acceptors (Lipinski definition) is 4. The quantitative estimate of drug-likeness (QED) is 0.901. The molecule has 0 radical (unpaired) electrons. The molecule has 1 N–H and O–H groups in total. The van der Waals surface area contributed by atoms with Crippen molar-refractivity contribution in [1.29, 1.82) is 0 Å². The summed E-state index contributed by atoms with van der Waals surface area (Å²) in [6, 6.07) is 6.38. The highest BCUT2D eigenvalue weighted by Gasteiger charge is 2.10. The summed E-state index contributed by atoms with van der Waals surface area (Å²) in [4.78, 5) is 10.2. The van der Waals surface area contributed by atoms with E-state index in [2.05, 4.69) is 29.1 Å². The largest absolute Gasteiger partial charge is 0.310 e. The Bertz CT molecular complexity index is 493. The number of nitrogens with zero attached hydrogens (tertiary/aromatic N) is 2. The van der Waals surface area contributed by atoms with Crippen molar-refractivity contribution in [3.8, 4) is 10.7 Å². The smallest absolute Gasteiger partial charge is 0.142 e. The standard InChI is InChI=1S/C13H17N3S/c1-4-14-10(3)12-8-15-13(17-12)11-7-5-6-9(2)16-11/h5-8,10,14H,4H2,1-3H3. The Morgan fingerprint density at radius 1 is 1.41 bits per heavy atom. The first-order valence-corrected chi connectivity index (χ1v) is 6.65. The highest BCUT2D eigenvalue weighted by molar-refractivity contribution is 7.15. The van der Waals surface area contributed by atoms with Crippen molar-refractivity contribution in [1.82, 2.24) is 15.3 Å². The summed E-state index contributed by atoms with van der Waals surface area (Å²) in [7, 11) is 0. The van der Waals surface area contributed by atoms with Gasteiger partial charge in [-0.3, -0.25) is 4.98 Å². The molecule has 17 heavy (non-hydrogen) atoms. The predicted octanol–water partition coefficient (Wildman–Crippen LogP) is 3.18. The third-order valence-corrected chi connectivity index (χ3v) is 3.77. The predicted molar refractivity (Wildman–Crippen MR) is 72.2 cm³/mol. The minimum Gasteiger partial charge on any atom is -0.310 e. The van der Waals surface area contributed by atoms with Crippen molar-refractivity contribution in [2.45, 2.75) is 26.8 Å². The van der Waals surface area contributed by atoms with Crippen molar-refractivity contribution < 1.29 is 0 Å². The van der Waals surface area contributed by atoms with Gasteiger partial charge in [0.1, 0.15) is 5.01 Å². The second-order valence-electron chi connectivity index (χ2n) is 4.01. The molecule has 0 saturated heterocycles. The van der Waals surface area contributed by atoms with Gasteiger partial charge in [0.05, 0.1) is 5.69 Å². The molecule has 0 spiro atoms. The van der Waals surface area contributed by atoms with Crippen LogP contribution in [0.15, 0.2) is 24.4 Å². The zero-order chi connectivity index (χ0) is 12.3. The average Bonchev–Trinajstić information content (AvgIpc) is 2.78. The minimum absolute atomic E-state index is 0.357. The summed E-state index contributed by atoms with van der Waals surface area (Å²) in [6.07, 6.45) is 1.94. The normalized spacial score (nSPS) is 12.6. The molecule has 2 aromatic rings. The molecule has 4 heteroatoms. The molecular formula is C13H17N3S. The van der Waals surface area contributed by atoms with Crippen molar-refractivity contribution >= 4 is 11.3 Å². The number of aryl methyl sites for hydroxylation is 1. The van der Waals surface area contributed by atoms with E-state index in [1.165, 1.54) is 4.88 Å². The molecule has 0 aliphatic carbocycles. The van der Waals surface area contributed by atoms with E-state index in [1.807, 2.05) is 31.3 Å². The highest BCUT2D eigenvalue weighted by atomic mass is 32.1. The fourth-order valence-corrected chi connectivity index (χ4v) is 2.59. The number of nitrogens with one attached hydrogen (secondary N) is 1. The van der Waals surface area contributed by atoms with Crippen LogP contribution in [0.1, 0.15) is 30.5 Å². The second kappa shape index (κ2) is 5.38. The van der Waals surface area contributed by atoms with Crippen LogP contribution in [0.3, 0.4) is 0 Å². The molecule has 1 unspecified atom stereocenters. The Kier molecular flexibility index (Phi) is 3.86. The molecule has 90 valence electrons. The molecule has 3 nitrogen and oxygen atoms in total. The summed E-state index contributed by atoms with van der Waals surface area (Å²) in [5.74, 6) is 0. The van der Waals surface area contributed by atoms with Gasteiger partial charge in [-0.25, -0.2) is 4.98 Å². The zero-order valence-electron chi connectivity index (χ0n) is 10.4. The zero-order valence-corrected chi connectivity index (χ0v) is 11.2. The van der Waals surface area contributed by atoms with Crippen molar-refractivity contribution in [3.05, 3.63) is 35.0 Å². The Hall–Kier alpha value is -1.26. The first-order chi connectivity index (χ1) is 8.20. The molecule has 2 rings (SSSR count). The number of pyridine rings is 1. The SMILES string of the molecule is CCNC(C)c1cnc(-c2cccc(C)n2)s1. The lowest BCUT2D eigenvalue weighted by molar-refractivity contribution is 0.606. The van der Waals surface area contributed by atoms with E-state index in [9.17, 15) is 0 Å². The number of thiazole rings is 1. The first kappa shape index (κ1) is 12.2. The van der Waals surface area contributed by atoms with Gasteiger partial charge < -0.3 is 5.32 Å². The maximum Gasteiger partial charge on any atom is 0.142 e. The molecule has 0 fully saturated rings. The Balaban J connectivity index is 2.23. The molecule has 0 saturated carbocycles. The van der Waals surface area contributed by atoms with Crippen molar-refractivity contribution in [3.63, 3.8) is 0 Å². The molecule has 0 aliphatic heterocycles. The monoisotopic (exact) mass is 247 g/mol. The van der Waals surface area contributed by atoms with Gasteiger partial charge in [0.15, 0.2) is 0 Å². The van der Waals surface area contributed by atoms with Gasteiger partial charge in [-0.2, -0.15) is 0 Å². The van der Waals surface area contributed by atoms with E-state index in [-0.39, 0.29) is 0 Å². The maximum atomic E-state index is 4.49. The second-order valence-corrected chi connectivity index (χ2v) is 5.07. The van der Waals surface area contributed by atoms with Gasteiger partial charge in [-0.05, 0) is 32.5 Å². The topological polar surface area (TPSA) is 37.8 Å². The highest BCUT2D eigenvalue weighted by Crippen LogP contribution is 2.27. The summed E-state index contributed by atoms with van der Waals surface area (Å²) < 4.78 is 0. The van der Waals surface area contributed by atoms with Crippen LogP contribution < -0.4 is 5.32 Å². The van der Waals surface area contributed by atoms with Gasteiger partial charge in [0, 0.05) is 22.8 Å². The Morgan fingerprint density at radius 3 is 2.94 bits per heavy atom. The molecule has 0 amide bonds. The van der Waals surface area contributed by atoms with E-state index in [0.29, 0.717) is 6.04 Å². The Labute approximate surface area is 106 Å². The van der Waals surface area contributed by atoms with Crippen molar-refractivity contribution in [2.75, 3.05) is 6.54 Å². The fourth-order valence-electron chi connectivity index (χ4n) is 1.67. The molecule has 1 atom stereocenters. The fraction of sp³-hybridized carbons (Fsp3) is 0.385. The average molecular weight is 247 g/mol. The molecule has 2 aromatic heterocycles. The minimum atomic E-state index is 0.357. The summed E-state index contributed by atoms with van der Waals surface area (Å²) >= 11 is 1.71. The molecule has 0 aromatic carbocycles. The lowest BCUT2D eigenvalue weighted by Gasteiger charge is -2.08. The number of hydrogen-bond donors (Lipinski definition) is 1. The van der Waals surface area contributed by atoms with Crippen molar-refractivity contribution in [2.24, 2.45) is 0 Å². The van der Waals surface area contributed by atoms with Crippen LogP contribution in [0.5, 0.6) is 0 Å². The maximum absolute atomic E-state index is 4.49. The molecule has 0 bridgehead atoms. The molecule has 0 aliphatic rings. The van der Waals surface area contributed by atoms with E-state index >= 15 is 0 Å². The molecular weight excluding hydrogens is 230 g/mol. The van der Waals surface area contributed by atoms with Gasteiger partial charge in [-0.15, -0.1) is 11.3 Å². The third-order valence-electron chi connectivity index (χ3n) is 2.57. The summed E-state index contributed by atoms with van der Waals surface area (Å²) in [5.41, 5.74) is 1.99. The number of aromatic nitrogens is 2. The number of rotatable bonds is 4. The van der Waals surface area contributed by atoms with Gasteiger partial charge in [0.25, 0.3) is 0 Å². The first-order valence-electron chi connectivity index (χ1n) is 5.84. The lowest BCUT2D eigenvalue weighted by atomic mass is 10.3. The lowest BCUT2D eigenvalue weighted by Crippen LogP contribution is -2.16. The Morgan fingerprint density at radius 2 is 2.24 bits per heavy atom. The third kappa shape index (κ3) is 2.90. The van der Waals surface area contributed by atoms with E-state index in [4.69, 9.17) is 0 Å². The van der Waals surface area contributed by atoms with Crippen LogP contribution in [-0.4, -0.2) is 16.5 Å². The van der Waals surface area contributed by atoms with Crippen LogP contribution in [-0.2, 0) is 0 Å². The van der Waals surface area contributed by atoms with Crippen LogP contribution in [0.2, 0.25) is 0 Å². The summed E-state index contributed by atoms with van der Waals surface area (Å²) in [5, 5.41) is 4.38. The van der Waals surface area contributed by atoms with E-state index in [0.717, 1.165) is 22.9 Å². The van der Waals surface area contributed by atoms with Crippen LogP contribution in [0.4, 0.5) is 0 Å². The van der Waals surface area contributed by atoms with Gasteiger partial charge >= 0.3 is 0 Å². The van der Waals surface area contributed by atoms with Crippen LogP contribution in [0, 0.1) is 6.92 Å². The van der Waals surface area contributed by atoms with E-state index in [1.54, 1.807) is 11.3 Å². The van der Waals surface area contributed by atoms with Gasteiger partial charge in [-0.1, -0.05) is 13.0 Å². The molecule has 2 heterocycles. The summed E-state index contributed by atoms with van der Waals surface area (Å²) in [6.45, 7) is 7.24. The van der Waals surface area contributed by atoms with E-state index < -0.39 is 0 Å². The van der Waals surface area contributed by atoms with Gasteiger partial charge in [0.2, 0.25) is 0 Å². The van der Waals surface area contributed by atoms with Crippen LogP contribution in [0.25, 0.3) is 10.7 Å². The van der Waals surface area contributed by atoms with Crippen LogP contribution >= 0.6 is 11.3 Å².